The first-order valence-electron chi connectivity index (χ1n) is 12.9. The van der Waals surface area contributed by atoms with Crippen molar-refractivity contribution in [2.75, 3.05) is 7.05 Å². The van der Waals surface area contributed by atoms with Crippen molar-refractivity contribution >= 4 is 35.2 Å². The summed E-state index contributed by atoms with van der Waals surface area (Å²) in [5.74, 6) is -2.45. The Hall–Kier alpha value is -3.50. The molecule has 2 aromatic carbocycles. The van der Waals surface area contributed by atoms with Gasteiger partial charge in [0.1, 0.15) is 23.2 Å². The summed E-state index contributed by atoms with van der Waals surface area (Å²) in [5, 5.41) is 2.62. The third kappa shape index (κ3) is 6.45. The minimum Gasteiger partial charge on any atom is -0.484 e. The van der Waals surface area contributed by atoms with E-state index in [1.54, 1.807) is 45.9 Å². The predicted octanol–water partition coefficient (Wildman–Crippen LogP) is 4.07. The number of nitrogens with one attached hydrogen (secondary N) is 1. The second-order valence-electron chi connectivity index (χ2n) is 10.8. The fraction of sp³-hybridized carbons (Fsp3) is 0.448. The van der Waals surface area contributed by atoms with E-state index < -0.39 is 53.4 Å². The number of hydrogen-bond donors (Lipinski definition) is 2. The molecule has 1 heterocycles. The third-order valence-corrected chi connectivity index (χ3v) is 7.39. The molecule has 2 amide bonds. The minimum atomic E-state index is -1.16. The van der Waals surface area contributed by atoms with Crippen molar-refractivity contribution in [1.29, 1.82) is 0 Å². The summed E-state index contributed by atoms with van der Waals surface area (Å²) in [6, 6.07) is 5.51. The molecule has 4 atom stereocenters. The smallest absolute Gasteiger partial charge is 0.329 e. The van der Waals surface area contributed by atoms with Gasteiger partial charge >= 0.3 is 5.97 Å². The van der Waals surface area contributed by atoms with Gasteiger partial charge in [-0.1, -0.05) is 25.4 Å². The van der Waals surface area contributed by atoms with Gasteiger partial charge in [-0.3, -0.25) is 14.4 Å². The summed E-state index contributed by atoms with van der Waals surface area (Å²) in [7, 11) is 1.46. The third-order valence-electron chi connectivity index (χ3n) is 7.10. The molecule has 0 fully saturated rings. The number of Topliss-reactive ketones (excluding diaryl/α,β-unsaturated/α-hetero) is 1. The van der Waals surface area contributed by atoms with Gasteiger partial charge < -0.3 is 25.4 Å². The average molecular weight is 576 g/mol. The maximum absolute atomic E-state index is 13.7. The number of fused-ring (bicyclic) bond motifs is 1. The van der Waals surface area contributed by atoms with Crippen LogP contribution in [0.2, 0.25) is 5.02 Å². The van der Waals surface area contributed by atoms with Crippen LogP contribution in [0.25, 0.3) is 0 Å². The van der Waals surface area contributed by atoms with Crippen molar-refractivity contribution < 1.29 is 33.0 Å². The number of nitrogens with two attached hydrogens (primary N) is 1. The van der Waals surface area contributed by atoms with E-state index in [2.05, 4.69) is 5.32 Å². The number of ether oxygens (including phenoxy) is 2. The van der Waals surface area contributed by atoms with Crippen LogP contribution in [0.15, 0.2) is 36.4 Å². The Balaban J connectivity index is 2.01. The molecule has 0 saturated carbocycles. The Morgan fingerprint density at radius 1 is 1.10 bits per heavy atom. The van der Waals surface area contributed by atoms with Gasteiger partial charge in [-0.05, 0) is 70.0 Å². The molecule has 1 aliphatic rings. The van der Waals surface area contributed by atoms with Gasteiger partial charge in [0.15, 0.2) is 11.9 Å². The molecule has 9 nitrogen and oxygen atoms in total. The lowest BCUT2D eigenvalue weighted by molar-refractivity contribution is -0.172. The Bertz CT molecular complexity index is 1330. The molecule has 0 bridgehead atoms. The van der Waals surface area contributed by atoms with Gasteiger partial charge in [0, 0.05) is 23.7 Å². The number of rotatable bonds is 8. The molecular formula is C29H35ClFN3O6. The Labute approximate surface area is 238 Å². The summed E-state index contributed by atoms with van der Waals surface area (Å²) < 4.78 is 25.8. The first-order chi connectivity index (χ1) is 18.5. The van der Waals surface area contributed by atoms with E-state index in [0.29, 0.717) is 16.9 Å². The van der Waals surface area contributed by atoms with Gasteiger partial charge in [-0.15, -0.1) is 0 Å². The van der Waals surface area contributed by atoms with Crippen molar-refractivity contribution in [2.24, 2.45) is 11.7 Å². The number of amides is 2. The number of carbonyl (C=O) groups is 4. The zero-order chi connectivity index (χ0) is 30.1. The molecule has 3 rings (SSSR count). The van der Waals surface area contributed by atoms with Crippen LogP contribution in [0.5, 0.6) is 5.75 Å². The average Bonchev–Trinajstić information content (AvgIpc) is 2.89. The number of likely N-dealkylation sites (N-methyl/N-ethyl adjacent to an activating group) is 1. The second kappa shape index (κ2) is 11.9. The molecular weight excluding hydrogens is 541 g/mol. The van der Waals surface area contributed by atoms with Gasteiger partial charge in [0.25, 0.3) is 5.91 Å². The highest BCUT2D eigenvalue weighted by molar-refractivity contribution is 6.31. The largest absolute Gasteiger partial charge is 0.484 e. The lowest BCUT2D eigenvalue weighted by Crippen LogP contribution is -2.57. The minimum absolute atomic E-state index is 0.0754. The number of carbonyl (C=O) groups excluding carboxylic acids is 4. The molecule has 40 heavy (non-hydrogen) atoms. The van der Waals surface area contributed by atoms with Crippen LogP contribution in [0.4, 0.5) is 4.39 Å². The van der Waals surface area contributed by atoms with Crippen LogP contribution >= 0.6 is 11.6 Å². The van der Waals surface area contributed by atoms with Crippen molar-refractivity contribution in [3.05, 3.63) is 63.9 Å². The van der Waals surface area contributed by atoms with Crippen LogP contribution in [0.3, 0.4) is 0 Å². The lowest BCUT2D eigenvalue weighted by atomic mass is 9.85. The maximum Gasteiger partial charge on any atom is 0.329 e. The van der Waals surface area contributed by atoms with E-state index in [9.17, 15) is 23.6 Å². The monoisotopic (exact) mass is 575 g/mol. The Morgan fingerprint density at radius 3 is 2.30 bits per heavy atom. The summed E-state index contributed by atoms with van der Waals surface area (Å²) in [6.45, 7) is 9.90. The predicted molar refractivity (Wildman–Crippen MR) is 148 cm³/mol. The first kappa shape index (κ1) is 31.0. The maximum atomic E-state index is 13.7. The molecule has 0 aromatic heterocycles. The number of hydrogen-bond acceptors (Lipinski definition) is 7. The standard InChI is InChI=1S/C29H35ClFN3O6/c1-14(2)23(32)27(37)34(7)15(3)28(38)39-25-24(33-26(36)18-8-10-21(31)20(30)13-18)19-12-17(16(4)35)9-11-22(19)40-29(25,5)6/h8-15,23-25H,32H2,1-7H3,(H,33,36)/t15-,23-,24?,25?/m0/s1. The summed E-state index contributed by atoms with van der Waals surface area (Å²) in [6.07, 6.45) is -1.10. The normalized spacial score (nSPS) is 19.1. The SMILES string of the molecule is CC(=O)c1ccc2c(c1)C(NC(=O)c1ccc(F)c(Cl)c1)C(OC(=O)[C@H](C)N(C)C(=O)[C@@H](N)C(C)C)C(C)(C)O2. The second-order valence-corrected chi connectivity index (χ2v) is 11.3. The van der Waals surface area contributed by atoms with E-state index >= 15 is 0 Å². The molecule has 2 unspecified atom stereocenters. The highest BCUT2D eigenvalue weighted by Crippen LogP contribution is 2.42. The molecule has 0 saturated heterocycles. The molecule has 0 spiro atoms. The fourth-order valence-corrected chi connectivity index (χ4v) is 4.51. The quantitative estimate of drug-likeness (QED) is 0.359. The van der Waals surface area contributed by atoms with Crippen molar-refractivity contribution in [3.63, 3.8) is 0 Å². The number of esters is 1. The van der Waals surface area contributed by atoms with E-state index in [-0.39, 0.29) is 22.3 Å². The zero-order valence-corrected chi connectivity index (χ0v) is 24.3. The van der Waals surface area contributed by atoms with Gasteiger partial charge in [-0.2, -0.15) is 0 Å². The molecule has 3 N–H and O–H groups in total. The summed E-state index contributed by atoms with van der Waals surface area (Å²) in [5.41, 5.74) is 5.68. The fourth-order valence-electron chi connectivity index (χ4n) is 4.33. The summed E-state index contributed by atoms with van der Waals surface area (Å²) >= 11 is 5.89. The van der Waals surface area contributed by atoms with Crippen LogP contribution in [-0.4, -0.2) is 59.3 Å². The first-order valence-corrected chi connectivity index (χ1v) is 13.3. The van der Waals surface area contributed by atoms with Gasteiger partial charge in [0.2, 0.25) is 5.91 Å². The van der Waals surface area contributed by atoms with Crippen molar-refractivity contribution in [3.8, 4) is 5.75 Å². The van der Waals surface area contributed by atoms with Gasteiger partial charge in [0.05, 0.1) is 17.1 Å². The molecule has 216 valence electrons. The highest BCUT2D eigenvalue weighted by atomic mass is 35.5. The van der Waals surface area contributed by atoms with Crippen LogP contribution < -0.4 is 15.8 Å². The summed E-state index contributed by atoms with van der Waals surface area (Å²) in [4.78, 5) is 52.8. The molecule has 11 heteroatoms. The van der Waals surface area contributed by atoms with Crippen LogP contribution in [0.1, 0.15) is 73.9 Å². The Kier molecular flexibility index (Phi) is 9.26. The van der Waals surface area contributed by atoms with Crippen LogP contribution in [0, 0.1) is 11.7 Å². The van der Waals surface area contributed by atoms with E-state index in [0.717, 1.165) is 6.07 Å². The lowest BCUT2D eigenvalue weighted by Gasteiger charge is -2.44. The van der Waals surface area contributed by atoms with E-state index in [1.165, 1.54) is 37.9 Å². The number of benzene rings is 2. The van der Waals surface area contributed by atoms with E-state index in [4.69, 9.17) is 26.8 Å². The van der Waals surface area contributed by atoms with Crippen molar-refractivity contribution in [2.45, 2.75) is 71.4 Å². The molecule has 0 radical (unpaired) electrons. The molecule has 2 aromatic rings. The van der Waals surface area contributed by atoms with Crippen LogP contribution in [-0.2, 0) is 14.3 Å². The number of ketones is 1. The van der Waals surface area contributed by atoms with Crippen molar-refractivity contribution in [1.82, 2.24) is 10.2 Å². The Morgan fingerprint density at radius 2 is 1.73 bits per heavy atom. The topological polar surface area (TPSA) is 128 Å². The van der Waals surface area contributed by atoms with Gasteiger partial charge in [-0.25, -0.2) is 9.18 Å². The van der Waals surface area contributed by atoms with E-state index in [1.807, 2.05) is 0 Å². The highest BCUT2D eigenvalue weighted by Gasteiger charge is 2.48. The number of nitrogens with zero attached hydrogens (tertiary/aromatic N) is 1. The zero-order valence-electron chi connectivity index (χ0n) is 23.6. The number of halogens is 2. The molecule has 1 aliphatic heterocycles. The molecule has 0 aliphatic carbocycles.